The first kappa shape index (κ1) is 14.4. The topological polar surface area (TPSA) is 41.1 Å². The molecule has 0 aliphatic carbocycles. The standard InChI is InChI=1S/C15H15FN2OS/c1-20-14-4-2-3-13(9-14)18-15(19)17-10-11-5-7-12(16)8-6-11/h2-9H,10H2,1H3,(H2,17,18,19). The molecule has 2 N–H and O–H groups in total. The fraction of sp³-hybridized carbons (Fsp3) is 0.133. The number of carbonyl (C=O) groups is 1. The Morgan fingerprint density at radius 2 is 1.95 bits per heavy atom. The molecule has 2 rings (SSSR count). The Balaban J connectivity index is 1.87. The molecule has 2 aromatic carbocycles. The Labute approximate surface area is 121 Å². The molecule has 0 aromatic heterocycles. The van der Waals surface area contributed by atoms with E-state index in [-0.39, 0.29) is 11.8 Å². The van der Waals surface area contributed by atoms with Crippen LogP contribution in [0.5, 0.6) is 0 Å². The predicted octanol–water partition coefficient (Wildman–Crippen LogP) is 3.87. The Hall–Kier alpha value is -2.01. The maximum atomic E-state index is 12.7. The quantitative estimate of drug-likeness (QED) is 0.839. The lowest BCUT2D eigenvalue weighted by molar-refractivity contribution is 0.251. The highest BCUT2D eigenvalue weighted by Gasteiger charge is 2.02. The first-order valence-corrected chi connectivity index (χ1v) is 7.33. The van der Waals surface area contributed by atoms with Crippen molar-refractivity contribution in [1.82, 2.24) is 5.32 Å². The van der Waals surface area contributed by atoms with Crippen molar-refractivity contribution in [3.05, 3.63) is 59.9 Å². The van der Waals surface area contributed by atoms with Gasteiger partial charge in [-0.05, 0) is 42.2 Å². The van der Waals surface area contributed by atoms with Gasteiger partial charge in [0, 0.05) is 17.1 Å². The van der Waals surface area contributed by atoms with Gasteiger partial charge in [-0.15, -0.1) is 11.8 Å². The van der Waals surface area contributed by atoms with Crippen molar-refractivity contribution in [3.8, 4) is 0 Å². The van der Waals surface area contributed by atoms with E-state index in [9.17, 15) is 9.18 Å². The van der Waals surface area contributed by atoms with Gasteiger partial charge in [0.15, 0.2) is 0 Å². The van der Waals surface area contributed by atoms with Crippen LogP contribution in [0, 0.1) is 5.82 Å². The summed E-state index contributed by atoms with van der Waals surface area (Å²) in [6.07, 6.45) is 1.98. The minimum Gasteiger partial charge on any atom is -0.334 e. The third-order valence-electron chi connectivity index (χ3n) is 2.69. The number of hydrogen-bond donors (Lipinski definition) is 2. The molecule has 0 aliphatic heterocycles. The van der Waals surface area contributed by atoms with E-state index >= 15 is 0 Å². The summed E-state index contributed by atoms with van der Waals surface area (Å²) in [6.45, 7) is 0.355. The molecule has 0 saturated carbocycles. The number of halogens is 1. The van der Waals surface area contributed by atoms with Crippen LogP contribution in [0.2, 0.25) is 0 Å². The number of urea groups is 1. The number of rotatable bonds is 4. The molecular formula is C15H15FN2OS. The molecule has 5 heteroatoms. The minimum absolute atomic E-state index is 0.285. The third-order valence-corrected chi connectivity index (χ3v) is 3.42. The zero-order valence-corrected chi connectivity index (χ0v) is 11.8. The highest BCUT2D eigenvalue weighted by molar-refractivity contribution is 7.98. The second-order valence-corrected chi connectivity index (χ2v) is 5.05. The van der Waals surface area contributed by atoms with Gasteiger partial charge in [0.25, 0.3) is 0 Å². The summed E-state index contributed by atoms with van der Waals surface area (Å²) in [7, 11) is 0. The number of hydrogen-bond acceptors (Lipinski definition) is 2. The molecule has 0 radical (unpaired) electrons. The van der Waals surface area contributed by atoms with E-state index in [2.05, 4.69) is 10.6 Å². The zero-order valence-electron chi connectivity index (χ0n) is 11.0. The van der Waals surface area contributed by atoms with Gasteiger partial charge in [-0.25, -0.2) is 9.18 Å². The van der Waals surface area contributed by atoms with Crippen LogP contribution in [0.25, 0.3) is 0 Å². The lowest BCUT2D eigenvalue weighted by Crippen LogP contribution is -2.28. The molecule has 0 atom stereocenters. The predicted molar refractivity (Wildman–Crippen MR) is 80.5 cm³/mol. The van der Waals surface area contributed by atoms with Crippen LogP contribution < -0.4 is 10.6 Å². The lowest BCUT2D eigenvalue weighted by Gasteiger charge is -2.08. The second kappa shape index (κ2) is 6.96. The Morgan fingerprint density at radius 3 is 2.65 bits per heavy atom. The molecule has 3 nitrogen and oxygen atoms in total. The summed E-state index contributed by atoms with van der Waals surface area (Å²) in [6, 6.07) is 13.3. The van der Waals surface area contributed by atoms with E-state index in [0.29, 0.717) is 6.54 Å². The van der Waals surface area contributed by atoms with Crippen molar-refractivity contribution in [1.29, 1.82) is 0 Å². The fourth-order valence-corrected chi connectivity index (χ4v) is 2.12. The lowest BCUT2D eigenvalue weighted by atomic mass is 10.2. The number of amides is 2. The molecule has 0 heterocycles. The normalized spacial score (nSPS) is 10.1. The van der Waals surface area contributed by atoms with Gasteiger partial charge >= 0.3 is 6.03 Å². The second-order valence-electron chi connectivity index (χ2n) is 4.17. The number of nitrogens with one attached hydrogen (secondary N) is 2. The van der Waals surface area contributed by atoms with Crippen molar-refractivity contribution in [2.45, 2.75) is 11.4 Å². The number of anilines is 1. The largest absolute Gasteiger partial charge is 0.334 e. The zero-order chi connectivity index (χ0) is 14.4. The number of carbonyl (C=O) groups excluding carboxylic acids is 1. The van der Waals surface area contributed by atoms with Crippen molar-refractivity contribution >= 4 is 23.5 Å². The van der Waals surface area contributed by atoms with Gasteiger partial charge in [-0.2, -0.15) is 0 Å². The van der Waals surface area contributed by atoms with Crippen molar-refractivity contribution in [2.75, 3.05) is 11.6 Å². The van der Waals surface area contributed by atoms with Gasteiger partial charge in [0.2, 0.25) is 0 Å². The van der Waals surface area contributed by atoms with Gasteiger partial charge in [0.05, 0.1) is 0 Å². The molecule has 2 amide bonds. The summed E-state index contributed by atoms with van der Waals surface area (Å²) in [4.78, 5) is 12.8. The van der Waals surface area contributed by atoms with Crippen LogP contribution in [0.1, 0.15) is 5.56 Å². The molecule has 0 fully saturated rings. The Kier molecular flexibility index (Phi) is 5.01. The van der Waals surface area contributed by atoms with E-state index in [4.69, 9.17) is 0 Å². The van der Waals surface area contributed by atoms with Crippen LogP contribution in [-0.4, -0.2) is 12.3 Å². The van der Waals surface area contributed by atoms with Crippen LogP contribution in [0.4, 0.5) is 14.9 Å². The maximum absolute atomic E-state index is 12.7. The fourth-order valence-electron chi connectivity index (χ4n) is 1.66. The van der Waals surface area contributed by atoms with Crippen molar-refractivity contribution < 1.29 is 9.18 Å². The molecule has 2 aromatic rings. The summed E-state index contributed by atoms with van der Waals surface area (Å²) in [5, 5.41) is 5.49. The van der Waals surface area contributed by atoms with Gasteiger partial charge in [0.1, 0.15) is 5.82 Å². The SMILES string of the molecule is CSc1cccc(NC(=O)NCc2ccc(F)cc2)c1. The third kappa shape index (κ3) is 4.28. The average Bonchev–Trinajstić information content (AvgIpc) is 2.47. The summed E-state index contributed by atoms with van der Waals surface area (Å²) in [5.74, 6) is -0.285. The smallest absolute Gasteiger partial charge is 0.319 e. The molecule has 0 aliphatic rings. The molecule has 0 bridgehead atoms. The Morgan fingerprint density at radius 1 is 1.20 bits per heavy atom. The van der Waals surface area contributed by atoms with E-state index < -0.39 is 0 Å². The first-order valence-electron chi connectivity index (χ1n) is 6.11. The molecule has 20 heavy (non-hydrogen) atoms. The summed E-state index contributed by atoms with van der Waals surface area (Å²) >= 11 is 1.61. The van der Waals surface area contributed by atoms with E-state index in [0.717, 1.165) is 16.1 Å². The monoisotopic (exact) mass is 290 g/mol. The molecule has 0 spiro atoms. The molecule has 104 valence electrons. The van der Waals surface area contributed by atoms with Crippen LogP contribution in [0.15, 0.2) is 53.4 Å². The van der Waals surface area contributed by atoms with E-state index in [1.807, 2.05) is 30.5 Å². The van der Waals surface area contributed by atoms with Crippen molar-refractivity contribution in [3.63, 3.8) is 0 Å². The molecule has 0 saturated heterocycles. The van der Waals surface area contributed by atoms with Crippen molar-refractivity contribution in [2.24, 2.45) is 0 Å². The van der Waals surface area contributed by atoms with E-state index in [1.54, 1.807) is 23.9 Å². The van der Waals surface area contributed by atoms with E-state index in [1.165, 1.54) is 12.1 Å². The summed E-state index contributed by atoms with van der Waals surface area (Å²) < 4.78 is 12.7. The Bertz CT molecular complexity index is 587. The van der Waals surface area contributed by atoms with Gasteiger partial charge in [-0.3, -0.25) is 0 Å². The van der Waals surface area contributed by atoms with Gasteiger partial charge < -0.3 is 10.6 Å². The number of benzene rings is 2. The minimum atomic E-state index is -0.285. The highest BCUT2D eigenvalue weighted by atomic mass is 32.2. The molecule has 0 unspecified atom stereocenters. The van der Waals surface area contributed by atoms with Gasteiger partial charge in [-0.1, -0.05) is 18.2 Å². The highest BCUT2D eigenvalue weighted by Crippen LogP contribution is 2.18. The number of thioether (sulfide) groups is 1. The van der Waals surface area contributed by atoms with Crippen LogP contribution in [-0.2, 0) is 6.54 Å². The molecular weight excluding hydrogens is 275 g/mol. The van der Waals surface area contributed by atoms with Crippen LogP contribution >= 0.6 is 11.8 Å². The first-order chi connectivity index (χ1) is 9.67. The summed E-state index contributed by atoms with van der Waals surface area (Å²) in [5.41, 5.74) is 1.59. The average molecular weight is 290 g/mol. The van der Waals surface area contributed by atoms with Crippen LogP contribution in [0.3, 0.4) is 0 Å². The maximum Gasteiger partial charge on any atom is 0.319 e.